The number of hydrazone groups is 1. The van der Waals surface area contributed by atoms with Gasteiger partial charge in [-0.3, -0.25) is 4.79 Å². The highest BCUT2D eigenvalue weighted by Crippen LogP contribution is 2.34. The minimum atomic E-state index is -4.81. The average molecular weight is 470 g/mol. The van der Waals surface area contributed by atoms with Crippen LogP contribution in [0.25, 0.3) is 17.0 Å². The van der Waals surface area contributed by atoms with Crippen LogP contribution in [0, 0.1) is 11.3 Å². The molecule has 0 spiro atoms. The lowest BCUT2D eigenvalue weighted by atomic mass is 10.1. The maximum atomic E-state index is 13.9. The molecule has 1 aliphatic heterocycles. The third kappa shape index (κ3) is 4.08. The van der Waals surface area contributed by atoms with Crippen LogP contribution >= 0.6 is 0 Å². The Labute approximate surface area is 198 Å². The smallest absolute Gasteiger partial charge is 0.342 e. The Morgan fingerprint density at radius 3 is 2.37 bits per heavy atom. The van der Waals surface area contributed by atoms with Crippen LogP contribution < -0.4 is 5.01 Å². The molecule has 5 rings (SSSR count). The molecule has 2 heterocycles. The van der Waals surface area contributed by atoms with E-state index in [0.29, 0.717) is 23.1 Å². The molecule has 1 aliphatic rings. The van der Waals surface area contributed by atoms with Crippen LogP contribution in [0.4, 0.5) is 18.9 Å². The Hall–Kier alpha value is -4.64. The molecule has 0 unspecified atom stereocenters. The molecule has 172 valence electrons. The Balaban J connectivity index is 1.62. The van der Waals surface area contributed by atoms with Gasteiger partial charge in [-0.2, -0.15) is 28.5 Å². The van der Waals surface area contributed by atoms with Crippen molar-refractivity contribution in [2.45, 2.75) is 12.7 Å². The second-order valence-corrected chi connectivity index (χ2v) is 7.96. The Bertz CT molecular complexity index is 1540. The second kappa shape index (κ2) is 8.61. The SMILES string of the molecule is N#Cc1ccccc1Cn1cc(/C=C2\C(=O)N(c3ccccc3)N=C2C(F)(F)F)c2ccccc21. The normalized spacial score (nSPS) is 15.0. The lowest BCUT2D eigenvalue weighted by Crippen LogP contribution is -2.25. The zero-order valence-electron chi connectivity index (χ0n) is 18.2. The van der Waals surface area contributed by atoms with Crippen molar-refractivity contribution in [1.29, 1.82) is 5.26 Å². The predicted octanol–water partition coefficient (Wildman–Crippen LogP) is 5.91. The predicted molar refractivity (Wildman–Crippen MR) is 128 cm³/mol. The molecular weight excluding hydrogens is 453 g/mol. The number of fused-ring (bicyclic) bond motifs is 1. The van der Waals surface area contributed by atoms with Gasteiger partial charge in [0.1, 0.15) is 0 Å². The average Bonchev–Trinajstić information content (AvgIpc) is 3.38. The highest BCUT2D eigenvalue weighted by atomic mass is 19.4. The van der Waals surface area contributed by atoms with Crippen molar-refractivity contribution >= 4 is 34.3 Å². The maximum absolute atomic E-state index is 13.9. The zero-order chi connectivity index (χ0) is 24.6. The van der Waals surface area contributed by atoms with E-state index in [9.17, 15) is 23.2 Å². The number of carbonyl (C=O) groups excluding carboxylic acids is 1. The van der Waals surface area contributed by atoms with Crippen LogP contribution in [-0.4, -0.2) is 22.4 Å². The third-order valence-corrected chi connectivity index (χ3v) is 5.74. The molecule has 3 aromatic carbocycles. The number of nitrogens with zero attached hydrogens (tertiary/aromatic N) is 4. The van der Waals surface area contributed by atoms with E-state index in [-0.39, 0.29) is 5.69 Å². The van der Waals surface area contributed by atoms with Crippen LogP contribution in [0.15, 0.2) is 95.7 Å². The number of rotatable bonds is 4. The number of carbonyl (C=O) groups is 1. The van der Waals surface area contributed by atoms with Crippen LogP contribution in [0.2, 0.25) is 0 Å². The van der Waals surface area contributed by atoms with Crippen molar-refractivity contribution in [2.24, 2.45) is 5.10 Å². The molecule has 0 saturated heterocycles. The molecule has 0 atom stereocenters. The zero-order valence-corrected chi connectivity index (χ0v) is 18.2. The number of anilines is 1. The van der Waals surface area contributed by atoms with Gasteiger partial charge in [0, 0.05) is 29.2 Å². The second-order valence-electron chi connectivity index (χ2n) is 7.96. The molecular formula is C27H17F3N4O. The first-order valence-corrected chi connectivity index (χ1v) is 10.7. The van der Waals surface area contributed by atoms with E-state index in [1.807, 2.05) is 28.8 Å². The number of benzene rings is 3. The Morgan fingerprint density at radius 2 is 1.63 bits per heavy atom. The highest BCUT2D eigenvalue weighted by Gasteiger charge is 2.46. The van der Waals surface area contributed by atoms with Gasteiger partial charge in [0.15, 0.2) is 5.71 Å². The summed E-state index contributed by atoms with van der Waals surface area (Å²) in [6.07, 6.45) is -1.87. The van der Waals surface area contributed by atoms with Crippen molar-refractivity contribution in [3.05, 3.63) is 107 Å². The Morgan fingerprint density at radius 1 is 0.943 bits per heavy atom. The molecule has 1 amide bonds. The molecule has 8 heteroatoms. The molecule has 0 aliphatic carbocycles. The molecule has 0 saturated carbocycles. The minimum absolute atomic E-state index is 0.248. The number of hydrogen-bond donors (Lipinski definition) is 0. The molecule has 0 N–H and O–H groups in total. The fraction of sp³-hybridized carbons (Fsp3) is 0.0741. The van der Waals surface area contributed by atoms with Gasteiger partial charge in [0.05, 0.1) is 22.9 Å². The first-order valence-electron chi connectivity index (χ1n) is 10.7. The van der Waals surface area contributed by atoms with Gasteiger partial charge in [-0.1, -0.05) is 54.6 Å². The topological polar surface area (TPSA) is 61.4 Å². The largest absolute Gasteiger partial charge is 0.435 e. The number of hydrogen-bond acceptors (Lipinski definition) is 3. The maximum Gasteiger partial charge on any atom is 0.435 e. The van der Waals surface area contributed by atoms with E-state index in [0.717, 1.165) is 16.1 Å². The fourth-order valence-corrected chi connectivity index (χ4v) is 4.13. The number of alkyl halides is 3. The van der Waals surface area contributed by atoms with Gasteiger partial charge in [-0.25, -0.2) is 0 Å². The van der Waals surface area contributed by atoms with Crippen molar-refractivity contribution in [2.75, 3.05) is 5.01 Å². The molecule has 35 heavy (non-hydrogen) atoms. The minimum Gasteiger partial charge on any atom is -0.342 e. The summed E-state index contributed by atoms with van der Waals surface area (Å²) in [6.45, 7) is 0.345. The van der Waals surface area contributed by atoms with E-state index in [1.165, 1.54) is 18.2 Å². The van der Waals surface area contributed by atoms with Crippen molar-refractivity contribution in [3.8, 4) is 6.07 Å². The van der Waals surface area contributed by atoms with E-state index in [2.05, 4.69) is 11.2 Å². The van der Waals surface area contributed by atoms with Gasteiger partial charge in [0.2, 0.25) is 0 Å². The molecule has 0 radical (unpaired) electrons. The quantitative estimate of drug-likeness (QED) is 0.348. The summed E-state index contributed by atoms with van der Waals surface area (Å²) < 4.78 is 43.5. The van der Waals surface area contributed by atoms with E-state index in [1.54, 1.807) is 48.7 Å². The summed E-state index contributed by atoms with van der Waals surface area (Å²) in [5, 5.41) is 14.5. The number of amides is 1. The van der Waals surface area contributed by atoms with Crippen molar-refractivity contribution in [1.82, 2.24) is 4.57 Å². The van der Waals surface area contributed by atoms with Gasteiger partial charge >= 0.3 is 6.18 Å². The number of para-hydroxylation sites is 2. The first-order chi connectivity index (χ1) is 16.9. The molecule has 4 aromatic rings. The summed E-state index contributed by atoms with van der Waals surface area (Å²) in [5.74, 6) is -0.852. The van der Waals surface area contributed by atoms with Gasteiger partial charge in [-0.05, 0) is 35.9 Å². The summed E-state index contributed by atoms with van der Waals surface area (Å²) >= 11 is 0. The van der Waals surface area contributed by atoms with Crippen molar-refractivity contribution in [3.63, 3.8) is 0 Å². The van der Waals surface area contributed by atoms with Gasteiger partial charge in [0.25, 0.3) is 5.91 Å². The first kappa shape index (κ1) is 22.2. The lowest BCUT2D eigenvalue weighted by Gasteiger charge is -2.10. The number of aromatic nitrogens is 1. The van der Waals surface area contributed by atoms with Crippen LogP contribution in [-0.2, 0) is 11.3 Å². The number of nitriles is 1. The number of halogens is 3. The van der Waals surface area contributed by atoms with E-state index < -0.39 is 23.4 Å². The molecule has 0 fully saturated rings. The summed E-state index contributed by atoms with van der Waals surface area (Å²) in [7, 11) is 0. The molecule has 5 nitrogen and oxygen atoms in total. The monoisotopic (exact) mass is 470 g/mol. The van der Waals surface area contributed by atoms with Gasteiger partial charge in [-0.15, -0.1) is 0 Å². The third-order valence-electron chi connectivity index (χ3n) is 5.74. The fourth-order valence-electron chi connectivity index (χ4n) is 4.13. The Kier molecular flexibility index (Phi) is 5.46. The summed E-state index contributed by atoms with van der Waals surface area (Å²) in [6, 6.07) is 24.5. The van der Waals surface area contributed by atoms with E-state index in [4.69, 9.17) is 0 Å². The highest BCUT2D eigenvalue weighted by molar-refractivity contribution is 6.34. The van der Waals surface area contributed by atoms with Crippen LogP contribution in [0.1, 0.15) is 16.7 Å². The molecule has 0 bridgehead atoms. The molecule has 1 aromatic heterocycles. The van der Waals surface area contributed by atoms with Crippen molar-refractivity contribution < 1.29 is 18.0 Å². The van der Waals surface area contributed by atoms with E-state index >= 15 is 0 Å². The summed E-state index contributed by atoms with van der Waals surface area (Å²) in [5.41, 5.74) is 0.993. The van der Waals surface area contributed by atoms with Crippen LogP contribution in [0.5, 0.6) is 0 Å². The summed E-state index contributed by atoms with van der Waals surface area (Å²) in [4.78, 5) is 13.1. The lowest BCUT2D eigenvalue weighted by molar-refractivity contribution is -0.114. The van der Waals surface area contributed by atoms with Crippen LogP contribution in [0.3, 0.4) is 0 Å². The standard InChI is InChI=1S/C27H17F3N4O/c28-27(29,30)25-23(26(35)34(32-25)21-10-2-1-3-11-21)14-20-17-33(24-13-7-6-12-22(20)24)16-19-9-5-4-8-18(19)15-31/h1-14,17H,16H2/b23-14-. The van der Waals surface area contributed by atoms with Gasteiger partial charge < -0.3 is 4.57 Å².